The van der Waals surface area contributed by atoms with Gasteiger partial charge in [-0.3, -0.25) is 0 Å². The Bertz CT molecular complexity index is 1380. The van der Waals surface area contributed by atoms with Crippen LogP contribution in [0.15, 0.2) is 78.9 Å². The highest BCUT2D eigenvalue weighted by molar-refractivity contribution is 6.17. The largest absolute Gasteiger partial charge is 0.354 e. The van der Waals surface area contributed by atoms with E-state index in [2.05, 4.69) is 100 Å². The first kappa shape index (κ1) is 18.4. The highest BCUT2D eigenvalue weighted by Crippen LogP contribution is 2.35. The van der Waals surface area contributed by atoms with E-state index in [4.69, 9.17) is 4.98 Å². The molecule has 0 bridgehead atoms. The van der Waals surface area contributed by atoms with Crippen LogP contribution in [0.4, 0.5) is 5.82 Å². The molecule has 1 aliphatic rings. The third kappa shape index (κ3) is 3.15. The van der Waals surface area contributed by atoms with Crippen LogP contribution >= 0.6 is 0 Å². The topological polar surface area (TPSA) is 24.3 Å². The summed E-state index contributed by atoms with van der Waals surface area (Å²) in [5, 5.41) is 3.83. The first-order valence-corrected chi connectivity index (χ1v) is 11.1. The number of rotatable bonds is 3. The van der Waals surface area contributed by atoms with Crippen LogP contribution in [0.2, 0.25) is 0 Å². The van der Waals surface area contributed by atoms with Crippen molar-refractivity contribution in [1.82, 2.24) is 14.5 Å². The molecule has 0 radical (unpaired) electrons. The maximum atomic E-state index is 5.09. The molecular formula is C27H26N4. The molecule has 0 amide bonds. The molecule has 3 aromatic carbocycles. The maximum Gasteiger partial charge on any atom is 0.129 e. The summed E-state index contributed by atoms with van der Waals surface area (Å²) in [6.07, 6.45) is 0. The van der Waals surface area contributed by atoms with E-state index in [-0.39, 0.29) is 0 Å². The lowest BCUT2D eigenvalue weighted by atomic mass is 10.1. The molecule has 4 nitrogen and oxygen atoms in total. The average Bonchev–Trinajstić information content (AvgIpc) is 3.14. The van der Waals surface area contributed by atoms with E-state index >= 15 is 0 Å². The Hall–Kier alpha value is -3.37. The number of hydrogen-bond donors (Lipinski definition) is 0. The van der Waals surface area contributed by atoms with Gasteiger partial charge in [0, 0.05) is 54.4 Å². The molecule has 1 saturated heterocycles. The zero-order chi connectivity index (χ0) is 20.8. The molecule has 1 aliphatic heterocycles. The number of hydrogen-bond acceptors (Lipinski definition) is 3. The average molecular weight is 407 g/mol. The maximum absolute atomic E-state index is 5.09. The van der Waals surface area contributed by atoms with Crippen LogP contribution in [0.1, 0.15) is 5.56 Å². The van der Waals surface area contributed by atoms with Gasteiger partial charge < -0.3 is 14.4 Å². The lowest BCUT2D eigenvalue weighted by Crippen LogP contribution is -2.44. The standard InChI is InChI=1S/C27H26N4/c1-29-15-17-30(18-16-29)26-14-12-23-24(28-26)13-11-22-21-9-5-6-10-25(21)31(27(22)23)19-20-7-3-2-4-8-20/h2-14H,15-19H2,1H3. The summed E-state index contributed by atoms with van der Waals surface area (Å²) < 4.78 is 2.46. The molecule has 0 saturated carbocycles. The van der Waals surface area contributed by atoms with Crippen molar-refractivity contribution in [2.45, 2.75) is 6.54 Å². The van der Waals surface area contributed by atoms with Crippen LogP contribution in [-0.4, -0.2) is 47.7 Å². The van der Waals surface area contributed by atoms with Crippen LogP contribution in [-0.2, 0) is 6.54 Å². The predicted molar refractivity (Wildman–Crippen MR) is 130 cm³/mol. The second-order valence-electron chi connectivity index (χ2n) is 8.58. The molecule has 0 spiro atoms. The third-order valence-electron chi connectivity index (χ3n) is 6.59. The first-order valence-electron chi connectivity index (χ1n) is 11.1. The lowest BCUT2D eigenvalue weighted by molar-refractivity contribution is 0.312. The molecule has 0 aliphatic carbocycles. The fraction of sp³-hybridized carbons (Fsp3) is 0.222. The van der Waals surface area contributed by atoms with Crippen LogP contribution < -0.4 is 4.90 Å². The van der Waals surface area contributed by atoms with Gasteiger partial charge in [-0.2, -0.15) is 0 Å². The second-order valence-corrected chi connectivity index (χ2v) is 8.58. The Labute approximate surface area is 182 Å². The van der Waals surface area contributed by atoms with Crippen molar-refractivity contribution in [3.63, 3.8) is 0 Å². The van der Waals surface area contributed by atoms with E-state index < -0.39 is 0 Å². The molecule has 154 valence electrons. The normalized spacial score (nSPS) is 15.3. The Morgan fingerprint density at radius 2 is 1.45 bits per heavy atom. The summed E-state index contributed by atoms with van der Waals surface area (Å²) in [4.78, 5) is 9.87. The zero-order valence-electron chi connectivity index (χ0n) is 17.8. The van der Waals surface area contributed by atoms with Gasteiger partial charge in [0.2, 0.25) is 0 Å². The third-order valence-corrected chi connectivity index (χ3v) is 6.59. The van der Waals surface area contributed by atoms with Crippen molar-refractivity contribution in [1.29, 1.82) is 0 Å². The number of anilines is 1. The zero-order valence-corrected chi connectivity index (χ0v) is 17.8. The van der Waals surface area contributed by atoms with Gasteiger partial charge in [-0.25, -0.2) is 4.98 Å². The molecule has 2 aromatic heterocycles. The molecule has 3 heterocycles. The van der Waals surface area contributed by atoms with E-state index in [0.29, 0.717) is 0 Å². The molecule has 31 heavy (non-hydrogen) atoms. The Morgan fingerprint density at radius 1 is 0.710 bits per heavy atom. The summed E-state index contributed by atoms with van der Waals surface area (Å²) in [6.45, 7) is 5.09. The number of fused-ring (bicyclic) bond motifs is 5. The van der Waals surface area contributed by atoms with E-state index in [1.807, 2.05) is 0 Å². The van der Waals surface area contributed by atoms with Gasteiger partial charge in [0.25, 0.3) is 0 Å². The monoisotopic (exact) mass is 406 g/mol. The van der Waals surface area contributed by atoms with Crippen molar-refractivity contribution in [2.24, 2.45) is 0 Å². The molecular weight excluding hydrogens is 380 g/mol. The molecule has 6 rings (SSSR count). The highest BCUT2D eigenvalue weighted by Gasteiger charge is 2.18. The minimum absolute atomic E-state index is 0.851. The number of likely N-dealkylation sites (N-methyl/N-ethyl adjacent to an activating group) is 1. The van der Waals surface area contributed by atoms with Gasteiger partial charge in [-0.05, 0) is 36.9 Å². The van der Waals surface area contributed by atoms with Crippen LogP contribution in [0.25, 0.3) is 32.7 Å². The minimum Gasteiger partial charge on any atom is -0.354 e. The first-order chi connectivity index (χ1) is 15.3. The van der Waals surface area contributed by atoms with Gasteiger partial charge in [0.15, 0.2) is 0 Å². The van der Waals surface area contributed by atoms with Crippen molar-refractivity contribution >= 4 is 38.5 Å². The second kappa shape index (κ2) is 7.40. The number of benzene rings is 3. The Balaban J connectivity index is 1.54. The van der Waals surface area contributed by atoms with Crippen LogP contribution in [0.5, 0.6) is 0 Å². The number of piperazine rings is 1. The minimum atomic E-state index is 0.851. The van der Waals surface area contributed by atoms with Crippen molar-refractivity contribution in [3.8, 4) is 0 Å². The summed E-state index contributed by atoms with van der Waals surface area (Å²) in [6, 6.07) is 28.4. The Kier molecular flexibility index (Phi) is 4.39. The van der Waals surface area contributed by atoms with Gasteiger partial charge in [-0.15, -0.1) is 0 Å². The van der Waals surface area contributed by atoms with Crippen molar-refractivity contribution in [2.75, 3.05) is 38.1 Å². The van der Waals surface area contributed by atoms with Gasteiger partial charge >= 0.3 is 0 Å². The van der Waals surface area contributed by atoms with Gasteiger partial charge in [-0.1, -0.05) is 54.6 Å². The molecule has 0 unspecified atom stereocenters. The molecule has 0 N–H and O–H groups in total. The molecule has 1 fully saturated rings. The number of para-hydroxylation sites is 1. The molecule has 0 atom stereocenters. The summed E-state index contributed by atoms with van der Waals surface area (Å²) >= 11 is 0. The Morgan fingerprint density at radius 3 is 2.29 bits per heavy atom. The SMILES string of the molecule is CN1CCN(c2ccc3c(ccc4c5ccccc5n(Cc5ccccc5)c34)n2)CC1. The highest BCUT2D eigenvalue weighted by atomic mass is 15.3. The number of pyridine rings is 1. The van der Waals surface area contributed by atoms with E-state index in [1.54, 1.807) is 0 Å². The quantitative estimate of drug-likeness (QED) is 0.414. The van der Waals surface area contributed by atoms with E-state index in [1.165, 1.54) is 32.8 Å². The summed E-state index contributed by atoms with van der Waals surface area (Å²) in [5.41, 5.74) is 4.93. The predicted octanol–water partition coefficient (Wildman–Crippen LogP) is 5.14. The fourth-order valence-electron chi connectivity index (χ4n) is 4.88. The van der Waals surface area contributed by atoms with Crippen molar-refractivity contribution < 1.29 is 0 Å². The van der Waals surface area contributed by atoms with Crippen molar-refractivity contribution in [3.05, 3.63) is 84.4 Å². The molecule has 5 aromatic rings. The summed E-state index contributed by atoms with van der Waals surface area (Å²) in [5.74, 6) is 1.09. The summed E-state index contributed by atoms with van der Waals surface area (Å²) in [7, 11) is 2.19. The lowest BCUT2D eigenvalue weighted by Gasteiger charge is -2.33. The van der Waals surface area contributed by atoms with Crippen LogP contribution in [0, 0.1) is 0 Å². The van der Waals surface area contributed by atoms with E-state index in [0.717, 1.165) is 44.1 Å². The van der Waals surface area contributed by atoms with Gasteiger partial charge in [0.05, 0.1) is 11.0 Å². The smallest absolute Gasteiger partial charge is 0.129 e. The van der Waals surface area contributed by atoms with Gasteiger partial charge in [0.1, 0.15) is 5.82 Å². The fourth-order valence-corrected chi connectivity index (χ4v) is 4.88. The van der Waals surface area contributed by atoms with Crippen LogP contribution in [0.3, 0.4) is 0 Å². The van der Waals surface area contributed by atoms with E-state index in [9.17, 15) is 0 Å². The molecule has 4 heteroatoms. The number of aromatic nitrogens is 2. The number of nitrogens with zero attached hydrogens (tertiary/aromatic N) is 4.